The van der Waals surface area contributed by atoms with Gasteiger partial charge in [-0.15, -0.1) is 0 Å². The Bertz CT molecular complexity index is 631. The molecule has 21 heavy (non-hydrogen) atoms. The molecule has 5 heteroatoms. The lowest BCUT2D eigenvalue weighted by molar-refractivity contribution is 0.173. The summed E-state index contributed by atoms with van der Waals surface area (Å²) in [6, 6.07) is 9.65. The Morgan fingerprint density at radius 3 is 2.52 bits per heavy atom. The number of ether oxygens (including phenoxy) is 2. The van der Waals surface area contributed by atoms with Crippen LogP contribution in [0.4, 0.5) is 4.39 Å². The Balaban J connectivity index is 2.26. The molecule has 0 aromatic heterocycles. The van der Waals surface area contributed by atoms with Crippen LogP contribution in [0.5, 0.6) is 11.5 Å². The van der Waals surface area contributed by atoms with E-state index >= 15 is 0 Å². The molecule has 0 spiro atoms. The highest BCUT2D eigenvalue weighted by Crippen LogP contribution is 2.31. The van der Waals surface area contributed by atoms with Crippen LogP contribution in [0.25, 0.3) is 0 Å². The Labute approximate surface area is 127 Å². The lowest BCUT2D eigenvalue weighted by Gasteiger charge is -2.16. The van der Waals surface area contributed by atoms with Gasteiger partial charge in [-0.25, -0.2) is 4.39 Å². The first kappa shape index (κ1) is 15.6. The van der Waals surface area contributed by atoms with E-state index in [2.05, 4.69) is 0 Å². The topological polar surface area (TPSA) is 38.7 Å². The smallest absolute Gasteiger partial charge is 0.142 e. The number of aliphatic hydroxyl groups is 1. The summed E-state index contributed by atoms with van der Waals surface area (Å²) >= 11 is 5.65. The van der Waals surface area contributed by atoms with Crippen molar-refractivity contribution in [3.8, 4) is 11.5 Å². The van der Waals surface area contributed by atoms with Crippen molar-refractivity contribution in [3.05, 3.63) is 58.4 Å². The van der Waals surface area contributed by atoms with Crippen LogP contribution in [0.1, 0.15) is 17.2 Å². The van der Waals surface area contributed by atoms with E-state index in [-0.39, 0.29) is 11.4 Å². The fraction of sp³-hybridized carbons (Fsp3) is 0.250. The monoisotopic (exact) mass is 310 g/mol. The van der Waals surface area contributed by atoms with Crippen molar-refractivity contribution in [2.75, 3.05) is 14.2 Å². The molecule has 1 N–H and O–H groups in total. The molecule has 0 aliphatic carbocycles. The van der Waals surface area contributed by atoms with Gasteiger partial charge in [-0.2, -0.15) is 0 Å². The molecule has 0 aliphatic heterocycles. The summed E-state index contributed by atoms with van der Waals surface area (Å²) < 4.78 is 23.8. The van der Waals surface area contributed by atoms with E-state index in [4.69, 9.17) is 21.1 Å². The third kappa shape index (κ3) is 3.65. The molecule has 2 aromatic carbocycles. The summed E-state index contributed by atoms with van der Waals surface area (Å²) in [5.41, 5.74) is 1.24. The highest BCUT2D eigenvalue weighted by molar-refractivity contribution is 6.30. The third-order valence-electron chi connectivity index (χ3n) is 3.21. The minimum absolute atomic E-state index is 0.0622. The molecule has 2 rings (SSSR count). The zero-order valence-corrected chi connectivity index (χ0v) is 12.5. The van der Waals surface area contributed by atoms with Crippen LogP contribution in [0.2, 0.25) is 5.02 Å². The molecule has 3 nitrogen and oxygen atoms in total. The number of hydrogen-bond donors (Lipinski definition) is 1. The fourth-order valence-electron chi connectivity index (χ4n) is 2.10. The molecular formula is C16H16ClFO3. The van der Waals surface area contributed by atoms with Crippen LogP contribution in [0, 0.1) is 5.82 Å². The van der Waals surface area contributed by atoms with Gasteiger partial charge < -0.3 is 14.6 Å². The molecule has 0 saturated carbocycles. The molecule has 0 heterocycles. The zero-order chi connectivity index (χ0) is 15.4. The van der Waals surface area contributed by atoms with Crippen LogP contribution < -0.4 is 9.47 Å². The molecule has 0 saturated heterocycles. The molecule has 112 valence electrons. The molecule has 1 atom stereocenters. The quantitative estimate of drug-likeness (QED) is 0.913. The summed E-state index contributed by atoms with van der Waals surface area (Å²) in [6.07, 6.45) is -0.590. The number of halogens is 2. The summed E-state index contributed by atoms with van der Waals surface area (Å²) in [5.74, 6) is 0.670. The van der Waals surface area contributed by atoms with Gasteiger partial charge in [0.1, 0.15) is 17.3 Å². The standard InChI is InChI=1S/C16H16ClFO3/c1-20-11-4-6-16(21-2)12(9-11)15(19)8-10-3-5-13(17)14(18)7-10/h3-7,9,15,19H,8H2,1-2H3. The normalized spacial score (nSPS) is 12.0. The van der Waals surface area contributed by atoms with E-state index in [0.717, 1.165) is 0 Å². The lowest BCUT2D eigenvalue weighted by atomic mass is 10.00. The molecule has 0 aliphatic rings. The van der Waals surface area contributed by atoms with E-state index < -0.39 is 11.9 Å². The average Bonchev–Trinajstić information content (AvgIpc) is 2.50. The Kier molecular flexibility index (Phi) is 5.04. The molecular weight excluding hydrogens is 295 g/mol. The van der Waals surface area contributed by atoms with Gasteiger partial charge in [-0.05, 0) is 35.9 Å². The maximum Gasteiger partial charge on any atom is 0.142 e. The summed E-state index contributed by atoms with van der Waals surface area (Å²) in [7, 11) is 3.08. The number of aliphatic hydroxyl groups excluding tert-OH is 1. The van der Waals surface area contributed by atoms with Gasteiger partial charge in [0.05, 0.1) is 25.3 Å². The maximum absolute atomic E-state index is 13.4. The van der Waals surface area contributed by atoms with E-state index in [1.54, 1.807) is 31.4 Å². The number of hydrogen-bond acceptors (Lipinski definition) is 3. The van der Waals surface area contributed by atoms with Crippen LogP contribution in [0.3, 0.4) is 0 Å². The maximum atomic E-state index is 13.4. The summed E-state index contributed by atoms with van der Waals surface area (Å²) in [4.78, 5) is 0. The van der Waals surface area contributed by atoms with E-state index in [1.165, 1.54) is 19.2 Å². The average molecular weight is 311 g/mol. The number of methoxy groups -OCH3 is 2. The second-order valence-electron chi connectivity index (χ2n) is 4.58. The van der Waals surface area contributed by atoms with Crippen molar-refractivity contribution in [1.82, 2.24) is 0 Å². The first-order valence-electron chi connectivity index (χ1n) is 6.39. The second-order valence-corrected chi connectivity index (χ2v) is 4.98. The van der Waals surface area contributed by atoms with Crippen molar-refractivity contribution in [2.24, 2.45) is 0 Å². The van der Waals surface area contributed by atoms with Gasteiger partial charge in [-0.1, -0.05) is 17.7 Å². The molecule has 0 radical (unpaired) electrons. The van der Waals surface area contributed by atoms with Gasteiger partial charge in [0.25, 0.3) is 0 Å². The van der Waals surface area contributed by atoms with E-state index in [1.807, 2.05) is 0 Å². The van der Waals surface area contributed by atoms with Crippen molar-refractivity contribution >= 4 is 11.6 Å². The Hall–Kier alpha value is -1.78. The molecule has 0 bridgehead atoms. The van der Waals surface area contributed by atoms with Crippen molar-refractivity contribution in [2.45, 2.75) is 12.5 Å². The van der Waals surface area contributed by atoms with Gasteiger partial charge in [-0.3, -0.25) is 0 Å². The third-order valence-corrected chi connectivity index (χ3v) is 3.52. The van der Waals surface area contributed by atoms with Crippen molar-refractivity contribution in [3.63, 3.8) is 0 Å². The highest BCUT2D eigenvalue weighted by atomic mass is 35.5. The largest absolute Gasteiger partial charge is 0.497 e. The van der Waals surface area contributed by atoms with Crippen LogP contribution in [-0.2, 0) is 6.42 Å². The predicted molar refractivity (Wildman–Crippen MR) is 79.6 cm³/mol. The zero-order valence-electron chi connectivity index (χ0n) is 11.8. The lowest BCUT2D eigenvalue weighted by Crippen LogP contribution is -2.05. The highest BCUT2D eigenvalue weighted by Gasteiger charge is 2.16. The predicted octanol–water partition coefficient (Wildman–Crippen LogP) is 3.77. The Morgan fingerprint density at radius 2 is 1.90 bits per heavy atom. The van der Waals surface area contributed by atoms with Crippen LogP contribution in [0.15, 0.2) is 36.4 Å². The fourth-order valence-corrected chi connectivity index (χ4v) is 2.22. The van der Waals surface area contributed by atoms with E-state index in [0.29, 0.717) is 22.6 Å². The first-order valence-corrected chi connectivity index (χ1v) is 6.77. The van der Waals surface area contributed by atoms with Gasteiger partial charge in [0, 0.05) is 12.0 Å². The van der Waals surface area contributed by atoms with Gasteiger partial charge in [0.15, 0.2) is 0 Å². The van der Waals surface area contributed by atoms with Gasteiger partial charge in [0.2, 0.25) is 0 Å². The molecule has 0 fully saturated rings. The Morgan fingerprint density at radius 1 is 1.14 bits per heavy atom. The van der Waals surface area contributed by atoms with Crippen molar-refractivity contribution in [1.29, 1.82) is 0 Å². The second kappa shape index (κ2) is 6.78. The van der Waals surface area contributed by atoms with Crippen LogP contribution in [-0.4, -0.2) is 19.3 Å². The first-order chi connectivity index (χ1) is 10.0. The minimum Gasteiger partial charge on any atom is -0.497 e. The molecule has 1 unspecified atom stereocenters. The molecule has 0 amide bonds. The van der Waals surface area contributed by atoms with Crippen molar-refractivity contribution < 1.29 is 19.0 Å². The van der Waals surface area contributed by atoms with E-state index in [9.17, 15) is 9.50 Å². The van der Waals surface area contributed by atoms with Gasteiger partial charge >= 0.3 is 0 Å². The minimum atomic E-state index is -0.837. The van der Waals surface area contributed by atoms with Crippen LogP contribution >= 0.6 is 11.6 Å². The summed E-state index contributed by atoms with van der Waals surface area (Å²) in [5, 5.41) is 10.4. The molecule has 2 aromatic rings. The summed E-state index contributed by atoms with van der Waals surface area (Å²) in [6.45, 7) is 0. The SMILES string of the molecule is COc1ccc(OC)c(C(O)Cc2ccc(Cl)c(F)c2)c1. The number of rotatable bonds is 5. The number of benzene rings is 2.